The summed E-state index contributed by atoms with van der Waals surface area (Å²) in [6, 6.07) is 17.0. The molecule has 9 heteroatoms. The highest BCUT2D eigenvalue weighted by molar-refractivity contribution is 14.0. The second-order valence-electron chi connectivity index (χ2n) is 7.40. The van der Waals surface area contributed by atoms with Crippen LogP contribution in [0, 0.1) is 0 Å². The molecule has 0 atom stereocenters. The van der Waals surface area contributed by atoms with E-state index in [1.54, 1.807) is 30.5 Å². The Bertz CT molecular complexity index is 1090. The van der Waals surface area contributed by atoms with E-state index >= 15 is 0 Å². The molecule has 0 bridgehead atoms. The summed E-state index contributed by atoms with van der Waals surface area (Å²) in [7, 11) is 0. The van der Waals surface area contributed by atoms with E-state index in [9.17, 15) is 9.59 Å². The van der Waals surface area contributed by atoms with Crippen LogP contribution in [0.3, 0.4) is 0 Å². The number of hydrogen-bond donors (Lipinski definition) is 2. The fraction of sp³-hybridized carbons (Fsp3) is 0.250. The third-order valence-corrected chi connectivity index (χ3v) is 5.27. The fourth-order valence-electron chi connectivity index (χ4n) is 3.67. The normalized spacial score (nSPS) is 13.0. The van der Waals surface area contributed by atoms with E-state index in [1.807, 2.05) is 36.0 Å². The number of aromatic nitrogens is 2. The summed E-state index contributed by atoms with van der Waals surface area (Å²) in [6.07, 6.45) is 3.70. The molecule has 1 aromatic heterocycles. The Morgan fingerprint density at radius 3 is 2.24 bits per heavy atom. The summed E-state index contributed by atoms with van der Waals surface area (Å²) in [4.78, 5) is 31.0. The molecule has 172 valence electrons. The van der Waals surface area contributed by atoms with Gasteiger partial charge in [0.1, 0.15) is 0 Å². The molecule has 0 saturated heterocycles. The topological polar surface area (TPSA) is 91.6 Å². The van der Waals surface area contributed by atoms with E-state index in [-0.39, 0.29) is 42.3 Å². The SMILES string of the molecule is CCNC(=NCc1ccccc1Cn1cccn1)NCCN1C(=O)c2ccccc2C1=O.I. The molecule has 0 saturated carbocycles. The lowest BCUT2D eigenvalue weighted by Gasteiger charge is -2.16. The van der Waals surface area contributed by atoms with Crippen molar-refractivity contribution in [2.75, 3.05) is 19.6 Å². The van der Waals surface area contributed by atoms with Gasteiger partial charge in [0, 0.05) is 32.0 Å². The van der Waals surface area contributed by atoms with E-state index in [0.29, 0.717) is 43.3 Å². The highest BCUT2D eigenvalue weighted by Crippen LogP contribution is 2.21. The van der Waals surface area contributed by atoms with Gasteiger partial charge in [0.25, 0.3) is 11.8 Å². The van der Waals surface area contributed by atoms with E-state index in [1.165, 1.54) is 4.90 Å². The molecule has 8 nitrogen and oxygen atoms in total. The first-order chi connectivity index (χ1) is 15.7. The number of benzene rings is 2. The summed E-state index contributed by atoms with van der Waals surface area (Å²) in [5.74, 6) is 0.141. The average Bonchev–Trinajstić information content (AvgIpc) is 3.41. The van der Waals surface area contributed by atoms with Crippen LogP contribution in [-0.2, 0) is 13.1 Å². The molecular weight excluding hydrogens is 531 g/mol. The minimum absolute atomic E-state index is 0. The molecular formula is C24H27IN6O2. The maximum Gasteiger partial charge on any atom is 0.261 e. The Morgan fingerprint density at radius 2 is 1.61 bits per heavy atom. The van der Waals surface area contributed by atoms with Crippen LogP contribution in [-0.4, -0.2) is 52.1 Å². The van der Waals surface area contributed by atoms with Crippen LogP contribution in [0.1, 0.15) is 38.8 Å². The van der Waals surface area contributed by atoms with Crippen molar-refractivity contribution in [3.05, 3.63) is 89.2 Å². The number of amides is 2. The lowest BCUT2D eigenvalue weighted by atomic mass is 10.1. The van der Waals surface area contributed by atoms with E-state index < -0.39 is 0 Å². The van der Waals surface area contributed by atoms with Gasteiger partial charge >= 0.3 is 0 Å². The Morgan fingerprint density at radius 1 is 0.939 bits per heavy atom. The van der Waals surface area contributed by atoms with Crippen molar-refractivity contribution in [3.63, 3.8) is 0 Å². The highest BCUT2D eigenvalue weighted by Gasteiger charge is 2.34. The number of rotatable bonds is 8. The number of carbonyl (C=O) groups excluding carboxylic acids is 2. The van der Waals surface area contributed by atoms with Gasteiger partial charge in [-0.2, -0.15) is 5.10 Å². The van der Waals surface area contributed by atoms with Crippen molar-refractivity contribution in [2.24, 2.45) is 4.99 Å². The summed E-state index contributed by atoms with van der Waals surface area (Å²) >= 11 is 0. The first-order valence-corrected chi connectivity index (χ1v) is 10.7. The predicted molar refractivity (Wildman–Crippen MR) is 138 cm³/mol. The van der Waals surface area contributed by atoms with Gasteiger partial charge in [-0.05, 0) is 36.2 Å². The first kappa shape index (κ1) is 24.4. The van der Waals surface area contributed by atoms with Gasteiger partial charge in [0.15, 0.2) is 5.96 Å². The quantitative estimate of drug-likeness (QED) is 0.192. The molecule has 0 fully saturated rings. The standard InChI is InChI=1S/C24H26N6O2.HI/c1-2-25-24(26-13-15-30-22(31)20-10-5-6-11-21(20)23(30)32)27-16-18-8-3-4-9-19(18)17-29-14-7-12-28-29;/h3-12,14H,2,13,15-17H2,1H3,(H2,25,26,27);1H. The molecule has 2 aromatic carbocycles. The smallest absolute Gasteiger partial charge is 0.261 e. The molecule has 33 heavy (non-hydrogen) atoms. The van der Waals surface area contributed by atoms with Crippen LogP contribution in [0.5, 0.6) is 0 Å². The second-order valence-corrected chi connectivity index (χ2v) is 7.40. The number of hydrogen-bond acceptors (Lipinski definition) is 4. The predicted octanol–water partition coefficient (Wildman–Crippen LogP) is 2.90. The molecule has 0 radical (unpaired) electrons. The maximum absolute atomic E-state index is 12.5. The Balaban J connectivity index is 0.00000306. The minimum Gasteiger partial charge on any atom is -0.357 e. The van der Waals surface area contributed by atoms with Gasteiger partial charge in [-0.25, -0.2) is 4.99 Å². The fourth-order valence-corrected chi connectivity index (χ4v) is 3.67. The van der Waals surface area contributed by atoms with Crippen LogP contribution < -0.4 is 10.6 Å². The molecule has 2 N–H and O–H groups in total. The number of imide groups is 1. The van der Waals surface area contributed by atoms with Gasteiger partial charge in [-0.15, -0.1) is 24.0 Å². The summed E-state index contributed by atoms with van der Waals surface area (Å²) in [5.41, 5.74) is 3.20. The zero-order chi connectivity index (χ0) is 22.3. The molecule has 0 unspecified atom stereocenters. The number of nitrogens with one attached hydrogen (secondary N) is 2. The van der Waals surface area contributed by atoms with Crippen molar-refractivity contribution < 1.29 is 9.59 Å². The number of fused-ring (bicyclic) bond motifs is 1. The maximum atomic E-state index is 12.5. The monoisotopic (exact) mass is 558 g/mol. The van der Waals surface area contributed by atoms with Crippen LogP contribution in [0.2, 0.25) is 0 Å². The van der Waals surface area contributed by atoms with Crippen molar-refractivity contribution in [1.29, 1.82) is 0 Å². The van der Waals surface area contributed by atoms with E-state index in [4.69, 9.17) is 4.99 Å². The molecule has 0 spiro atoms. The Hall–Kier alpha value is -3.21. The summed E-state index contributed by atoms with van der Waals surface area (Å²) in [6.45, 7) is 4.56. The highest BCUT2D eigenvalue weighted by atomic mass is 127. The van der Waals surface area contributed by atoms with Crippen molar-refractivity contribution in [1.82, 2.24) is 25.3 Å². The van der Waals surface area contributed by atoms with E-state index in [2.05, 4.69) is 27.9 Å². The van der Waals surface area contributed by atoms with Crippen LogP contribution in [0.15, 0.2) is 72.0 Å². The van der Waals surface area contributed by atoms with Crippen molar-refractivity contribution in [3.8, 4) is 0 Å². The van der Waals surface area contributed by atoms with Crippen molar-refractivity contribution >= 4 is 41.8 Å². The minimum atomic E-state index is -0.248. The van der Waals surface area contributed by atoms with E-state index in [0.717, 1.165) is 11.1 Å². The zero-order valence-electron chi connectivity index (χ0n) is 18.4. The van der Waals surface area contributed by atoms with Crippen LogP contribution >= 0.6 is 24.0 Å². The zero-order valence-corrected chi connectivity index (χ0v) is 20.7. The third kappa shape index (κ3) is 5.78. The lowest BCUT2D eigenvalue weighted by Crippen LogP contribution is -2.43. The summed E-state index contributed by atoms with van der Waals surface area (Å²) in [5, 5.41) is 10.7. The number of carbonyl (C=O) groups is 2. The summed E-state index contributed by atoms with van der Waals surface area (Å²) < 4.78 is 1.88. The van der Waals surface area contributed by atoms with Crippen LogP contribution in [0.25, 0.3) is 0 Å². The number of halogens is 1. The van der Waals surface area contributed by atoms with Gasteiger partial charge in [0.2, 0.25) is 0 Å². The van der Waals surface area contributed by atoms with Crippen LogP contribution in [0.4, 0.5) is 0 Å². The number of guanidine groups is 1. The van der Waals surface area contributed by atoms with Crippen molar-refractivity contribution in [2.45, 2.75) is 20.0 Å². The van der Waals surface area contributed by atoms with Gasteiger partial charge in [0.05, 0.1) is 24.2 Å². The largest absolute Gasteiger partial charge is 0.357 e. The molecule has 0 aliphatic carbocycles. The molecule has 2 heterocycles. The Kier molecular flexibility index (Phi) is 8.58. The Labute approximate surface area is 210 Å². The van der Waals surface area contributed by atoms with Gasteiger partial charge in [-0.1, -0.05) is 36.4 Å². The molecule has 4 rings (SSSR count). The molecule has 1 aliphatic rings. The first-order valence-electron chi connectivity index (χ1n) is 10.7. The second kappa shape index (κ2) is 11.6. The molecule has 2 amide bonds. The van der Waals surface area contributed by atoms with Gasteiger partial charge in [-0.3, -0.25) is 19.2 Å². The number of nitrogens with zero attached hydrogens (tertiary/aromatic N) is 4. The van der Waals surface area contributed by atoms with Gasteiger partial charge < -0.3 is 10.6 Å². The average molecular weight is 558 g/mol. The molecule has 3 aromatic rings. The molecule has 1 aliphatic heterocycles. The number of aliphatic imine (C=N–C) groups is 1. The lowest BCUT2D eigenvalue weighted by molar-refractivity contribution is 0.0657. The third-order valence-electron chi connectivity index (χ3n) is 5.27.